The van der Waals surface area contributed by atoms with Gasteiger partial charge in [-0.15, -0.1) is 0 Å². The number of rotatable bonds is 11. The largest absolute Gasteiger partial charge is 0.494 e. The van der Waals surface area contributed by atoms with Crippen molar-refractivity contribution in [2.75, 3.05) is 40.0 Å². The van der Waals surface area contributed by atoms with Gasteiger partial charge in [-0.1, -0.05) is 12.1 Å². The molecule has 2 fully saturated rings. The molecule has 1 heterocycles. The standard InChI is InChI=1S/C31H40F4N2O6/c1-3-42-22-14-19(13-21(17-22)31(33,34)35)28-23(7-6-8-24(28)32)30(40,9-4-5-11-41-2)27-18-37(10-12-43-27)29(39)20-15-25(36)26(38)16-20/h6-8,13-14,17,20,25-27,38,40H,3-5,9-12,15-16,18,36H2,1-2H3/t20-,25+,26-,27?,30?/m0/s1. The Hall–Kier alpha value is -2.77. The number of morpholine rings is 1. The summed E-state index contributed by atoms with van der Waals surface area (Å²) in [6.07, 6.45) is -4.95. The van der Waals surface area contributed by atoms with Crippen LogP contribution >= 0.6 is 0 Å². The molecule has 0 spiro atoms. The Kier molecular flexibility index (Phi) is 10.7. The molecular formula is C31H40F4N2O6. The number of nitrogens with two attached hydrogens (primary N) is 1. The van der Waals surface area contributed by atoms with Gasteiger partial charge in [-0.05, 0) is 74.4 Å². The van der Waals surface area contributed by atoms with Crippen molar-refractivity contribution >= 4 is 5.91 Å². The van der Waals surface area contributed by atoms with Crippen molar-refractivity contribution in [1.29, 1.82) is 0 Å². The van der Waals surface area contributed by atoms with Gasteiger partial charge in [-0.2, -0.15) is 13.2 Å². The molecule has 5 atom stereocenters. The third kappa shape index (κ3) is 7.49. The molecule has 12 heteroatoms. The van der Waals surface area contributed by atoms with Crippen molar-refractivity contribution in [2.24, 2.45) is 11.7 Å². The summed E-state index contributed by atoms with van der Waals surface area (Å²) in [5, 5.41) is 22.5. The molecule has 2 aromatic rings. The van der Waals surface area contributed by atoms with Crippen LogP contribution in [0.5, 0.6) is 5.75 Å². The Bertz CT molecular complexity index is 1250. The second kappa shape index (κ2) is 13.9. The lowest BCUT2D eigenvalue weighted by molar-refractivity contribution is -0.167. The molecule has 1 saturated heterocycles. The van der Waals surface area contributed by atoms with Gasteiger partial charge in [0.2, 0.25) is 5.91 Å². The van der Waals surface area contributed by atoms with Crippen LogP contribution in [0.2, 0.25) is 0 Å². The van der Waals surface area contributed by atoms with E-state index in [-0.39, 0.29) is 67.5 Å². The zero-order valence-corrected chi connectivity index (χ0v) is 24.4. The van der Waals surface area contributed by atoms with Crippen LogP contribution < -0.4 is 10.5 Å². The lowest BCUT2D eigenvalue weighted by Gasteiger charge is -2.43. The first-order chi connectivity index (χ1) is 20.4. The Morgan fingerprint density at radius 2 is 1.95 bits per heavy atom. The molecule has 8 nitrogen and oxygen atoms in total. The minimum atomic E-state index is -4.73. The fourth-order valence-electron chi connectivity index (χ4n) is 6.09. The molecule has 0 aromatic heterocycles. The van der Waals surface area contributed by atoms with Crippen LogP contribution in [0.25, 0.3) is 11.1 Å². The summed E-state index contributed by atoms with van der Waals surface area (Å²) in [4.78, 5) is 15.0. The Morgan fingerprint density at radius 3 is 2.60 bits per heavy atom. The fraction of sp³-hybridized carbons (Fsp3) is 0.581. The number of aliphatic hydroxyl groups is 2. The summed E-state index contributed by atoms with van der Waals surface area (Å²) in [6, 6.07) is 6.48. The second-order valence-corrected chi connectivity index (χ2v) is 11.3. The average Bonchev–Trinajstić information content (AvgIpc) is 3.32. The Morgan fingerprint density at radius 1 is 1.19 bits per heavy atom. The van der Waals surface area contributed by atoms with E-state index in [0.717, 1.165) is 18.2 Å². The quantitative estimate of drug-likeness (QED) is 0.257. The van der Waals surface area contributed by atoms with Crippen molar-refractivity contribution < 1.29 is 46.8 Å². The van der Waals surface area contributed by atoms with Gasteiger partial charge in [0, 0.05) is 37.8 Å². The van der Waals surface area contributed by atoms with Crippen molar-refractivity contribution in [3.63, 3.8) is 0 Å². The normalized spacial score (nSPS) is 24.2. The van der Waals surface area contributed by atoms with Crippen LogP contribution in [0.3, 0.4) is 0 Å². The van der Waals surface area contributed by atoms with E-state index in [1.54, 1.807) is 18.9 Å². The smallest absolute Gasteiger partial charge is 0.416 e. The number of carbonyl (C=O) groups is 1. The number of unbranched alkanes of at least 4 members (excludes halogenated alkanes) is 1. The van der Waals surface area contributed by atoms with E-state index in [2.05, 4.69) is 0 Å². The summed E-state index contributed by atoms with van der Waals surface area (Å²) in [7, 11) is 1.54. The number of nitrogens with zero attached hydrogens (tertiary/aromatic N) is 1. The molecule has 1 aliphatic heterocycles. The van der Waals surface area contributed by atoms with E-state index in [9.17, 15) is 28.2 Å². The number of benzene rings is 2. The molecule has 1 aliphatic carbocycles. The van der Waals surface area contributed by atoms with E-state index in [0.29, 0.717) is 25.9 Å². The van der Waals surface area contributed by atoms with E-state index >= 15 is 4.39 Å². The van der Waals surface area contributed by atoms with Crippen molar-refractivity contribution in [3.05, 3.63) is 53.3 Å². The molecule has 4 N–H and O–H groups in total. The van der Waals surface area contributed by atoms with Crippen LogP contribution in [-0.2, 0) is 26.0 Å². The van der Waals surface area contributed by atoms with Gasteiger partial charge in [0.1, 0.15) is 23.3 Å². The van der Waals surface area contributed by atoms with Crippen LogP contribution in [0.4, 0.5) is 17.6 Å². The minimum Gasteiger partial charge on any atom is -0.494 e. The minimum absolute atomic E-state index is 0.0375. The van der Waals surface area contributed by atoms with Crippen molar-refractivity contribution in [2.45, 2.75) is 69.1 Å². The van der Waals surface area contributed by atoms with Crippen LogP contribution in [0, 0.1) is 11.7 Å². The summed E-state index contributed by atoms with van der Waals surface area (Å²) in [5.74, 6) is -1.62. The average molecular weight is 613 g/mol. The van der Waals surface area contributed by atoms with Crippen LogP contribution in [0.15, 0.2) is 36.4 Å². The van der Waals surface area contributed by atoms with Gasteiger partial charge in [-0.25, -0.2) is 4.39 Å². The number of carbonyl (C=O) groups excluding carboxylic acids is 1. The first-order valence-corrected chi connectivity index (χ1v) is 14.6. The maximum Gasteiger partial charge on any atom is 0.416 e. The summed E-state index contributed by atoms with van der Waals surface area (Å²) in [6.45, 7) is 2.42. The van der Waals surface area contributed by atoms with E-state index in [1.807, 2.05) is 0 Å². The number of alkyl halides is 3. The second-order valence-electron chi connectivity index (χ2n) is 11.3. The highest BCUT2D eigenvalue weighted by atomic mass is 19.4. The van der Waals surface area contributed by atoms with E-state index in [4.69, 9.17) is 19.9 Å². The number of aliphatic hydroxyl groups excluding tert-OH is 1. The monoisotopic (exact) mass is 612 g/mol. The first-order valence-electron chi connectivity index (χ1n) is 14.6. The lowest BCUT2D eigenvalue weighted by Crippen LogP contribution is -2.55. The fourth-order valence-corrected chi connectivity index (χ4v) is 6.09. The maximum atomic E-state index is 15.7. The topological polar surface area (TPSA) is 114 Å². The van der Waals surface area contributed by atoms with Gasteiger partial charge < -0.3 is 35.1 Å². The summed E-state index contributed by atoms with van der Waals surface area (Å²) < 4.78 is 73.9. The number of halogens is 4. The third-order valence-electron chi connectivity index (χ3n) is 8.31. The molecule has 0 bridgehead atoms. The van der Waals surface area contributed by atoms with Crippen molar-refractivity contribution in [1.82, 2.24) is 4.90 Å². The SMILES string of the molecule is CCOc1cc(-c2c(F)cccc2C(O)(CCCCOC)C2CN(C(=O)[C@H]3C[C@@H](N)[C@@H](O)C3)CCO2)cc(C(F)(F)F)c1. The number of amides is 1. The Labute approximate surface area is 248 Å². The number of hydrogen-bond acceptors (Lipinski definition) is 7. The molecule has 2 unspecified atom stereocenters. The predicted molar refractivity (Wildman–Crippen MR) is 151 cm³/mol. The molecule has 2 aromatic carbocycles. The lowest BCUT2D eigenvalue weighted by atomic mass is 9.78. The number of methoxy groups -OCH3 is 1. The third-order valence-corrected chi connectivity index (χ3v) is 8.31. The highest BCUT2D eigenvalue weighted by Gasteiger charge is 2.46. The van der Waals surface area contributed by atoms with Crippen molar-refractivity contribution in [3.8, 4) is 16.9 Å². The number of ether oxygens (including phenoxy) is 3. The molecular weight excluding hydrogens is 572 g/mol. The molecule has 1 saturated carbocycles. The molecule has 4 rings (SSSR count). The van der Waals surface area contributed by atoms with E-state index in [1.165, 1.54) is 18.2 Å². The molecule has 238 valence electrons. The highest BCUT2D eigenvalue weighted by molar-refractivity contribution is 5.79. The maximum absolute atomic E-state index is 15.7. The highest BCUT2D eigenvalue weighted by Crippen LogP contribution is 2.44. The van der Waals surface area contributed by atoms with Crippen LogP contribution in [0.1, 0.15) is 50.2 Å². The zero-order chi connectivity index (χ0) is 31.4. The molecule has 0 radical (unpaired) electrons. The van der Waals surface area contributed by atoms with Gasteiger partial charge in [0.05, 0.1) is 31.4 Å². The van der Waals surface area contributed by atoms with E-state index < -0.39 is 47.3 Å². The van der Waals surface area contributed by atoms with Crippen LogP contribution in [-0.4, -0.2) is 79.3 Å². The zero-order valence-electron chi connectivity index (χ0n) is 24.4. The van der Waals surface area contributed by atoms with Gasteiger partial charge in [-0.3, -0.25) is 4.79 Å². The summed E-state index contributed by atoms with van der Waals surface area (Å²) in [5.41, 5.74) is 2.74. The van der Waals surface area contributed by atoms with Gasteiger partial charge in [0.25, 0.3) is 0 Å². The molecule has 2 aliphatic rings. The van der Waals surface area contributed by atoms with Gasteiger partial charge in [0.15, 0.2) is 0 Å². The predicted octanol–water partition coefficient (Wildman–Crippen LogP) is 4.24. The number of hydrogen-bond donors (Lipinski definition) is 3. The molecule has 43 heavy (non-hydrogen) atoms. The first kappa shape index (κ1) is 33.1. The Balaban J connectivity index is 1.77. The molecule has 1 amide bonds. The summed E-state index contributed by atoms with van der Waals surface area (Å²) >= 11 is 0. The van der Waals surface area contributed by atoms with Gasteiger partial charge >= 0.3 is 6.18 Å².